The van der Waals surface area contributed by atoms with Crippen molar-refractivity contribution in [1.29, 1.82) is 0 Å². The molecule has 5 heteroatoms. The van der Waals surface area contributed by atoms with Crippen LogP contribution in [-0.4, -0.2) is 39.8 Å². The van der Waals surface area contributed by atoms with E-state index in [0.29, 0.717) is 24.0 Å². The molecule has 5 nitrogen and oxygen atoms in total. The third-order valence-corrected chi connectivity index (χ3v) is 4.56. The van der Waals surface area contributed by atoms with Crippen LogP contribution < -0.4 is 5.73 Å². The predicted octanol–water partition coefficient (Wildman–Crippen LogP) is 2.14. The van der Waals surface area contributed by atoms with E-state index in [1.54, 1.807) is 0 Å². The molecule has 2 aromatic rings. The first-order valence-electron chi connectivity index (χ1n) is 7.88. The van der Waals surface area contributed by atoms with Gasteiger partial charge in [-0.2, -0.15) is 5.10 Å². The van der Waals surface area contributed by atoms with Crippen LogP contribution in [0.25, 0.3) is 5.69 Å². The summed E-state index contributed by atoms with van der Waals surface area (Å²) >= 11 is 0. The zero-order valence-corrected chi connectivity index (χ0v) is 12.8. The first-order chi connectivity index (χ1) is 10.7. The molecule has 22 heavy (non-hydrogen) atoms. The summed E-state index contributed by atoms with van der Waals surface area (Å²) in [5.74, 6) is 1.15. The lowest BCUT2D eigenvalue weighted by Gasteiger charge is -2.16. The molecular weight excluding hydrogens is 274 g/mol. The van der Waals surface area contributed by atoms with E-state index in [0.717, 1.165) is 12.1 Å². The Morgan fingerprint density at radius 2 is 2.09 bits per heavy atom. The Morgan fingerprint density at radius 3 is 2.82 bits per heavy atom. The van der Waals surface area contributed by atoms with Crippen LogP contribution >= 0.6 is 0 Å². The van der Waals surface area contributed by atoms with E-state index in [-0.39, 0.29) is 0 Å². The van der Waals surface area contributed by atoms with Crippen molar-refractivity contribution >= 4 is 5.96 Å². The molecule has 0 spiro atoms. The number of para-hydroxylation sites is 1. The van der Waals surface area contributed by atoms with Crippen LogP contribution in [0.2, 0.25) is 0 Å². The number of aliphatic imine (C=N–C) groups is 1. The van der Waals surface area contributed by atoms with Gasteiger partial charge in [0.05, 0.1) is 17.9 Å². The molecule has 1 aromatic heterocycles. The van der Waals surface area contributed by atoms with Crippen LogP contribution in [0.15, 0.2) is 47.7 Å². The highest BCUT2D eigenvalue weighted by Gasteiger charge is 2.40. The number of hydrogen-bond donors (Lipinski definition) is 1. The highest BCUT2D eigenvalue weighted by atomic mass is 15.3. The summed E-state index contributed by atoms with van der Waals surface area (Å²) in [7, 11) is 2.04. The van der Waals surface area contributed by atoms with Gasteiger partial charge >= 0.3 is 0 Å². The average molecular weight is 295 g/mol. The van der Waals surface area contributed by atoms with Crippen molar-refractivity contribution in [2.24, 2.45) is 10.7 Å². The van der Waals surface area contributed by atoms with Crippen LogP contribution in [0.4, 0.5) is 0 Å². The average Bonchev–Trinajstić information content (AvgIpc) is 3.47. The standard InChI is InChI=1S/C17H21N5/c1-21(13-7-8-13)17(18)20-16-9-15(16)12-10-19-22(11-12)14-5-3-2-4-6-14/h2-6,10-11,13,15-16H,7-9H2,1H3,(H2,18,20)/t15-,16+/m0/s1. The van der Waals surface area contributed by atoms with E-state index in [2.05, 4.69) is 33.3 Å². The van der Waals surface area contributed by atoms with Crippen LogP contribution in [-0.2, 0) is 0 Å². The monoisotopic (exact) mass is 295 g/mol. The Bertz CT molecular complexity index is 686. The molecule has 2 fully saturated rings. The van der Waals surface area contributed by atoms with Gasteiger partial charge in [0.15, 0.2) is 5.96 Å². The molecule has 0 amide bonds. The minimum Gasteiger partial charge on any atom is -0.370 e. The fraction of sp³-hybridized carbons (Fsp3) is 0.412. The van der Waals surface area contributed by atoms with Crippen LogP contribution in [0.3, 0.4) is 0 Å². The van der Waals surface area contributed by atoms with E-state index in [9.17, 15) is 0 Å². The van der Waals surface area contributed by atoms with E-state index in [1.807, 2.05) is 36.1 Å². The summed E-state index contributed by atoms with van der Waals surface area (Å²) < 4.78 is 1.92. The second kappa shape index (κ2) is 5.16. The summed E-state index contributed by atoms with van der Waals surface area (Å²) in [4.78, 5) is 6.79. The highest BCUT2D eigenvalue weighted by molar-refractivity contribution is 5.79. The van der Waals surface area contributed by atoms with Crippen molar-refractivity contribution in [3.63, 3.8) is 0 Å². The Labute approximate surface area is 130 Å². The second-order valence-corrected chi connectivity index (χ2v) is 6.29. The van der Waals surface area contributed by atoms with Gasteiger partial charge in [0, 0.05) is 25.2 Å². The smallest absolute Gasteiger partial charge is 0.191 e. The molecular formula is C17H21N5. The lowest BCUT2D eigenvalue weighted by molar-refractivity contribution is 0.487. The number of nitrogens with zero attached hydrogens (tertiary/aromatic N) is 4. The molecule has 0 bridgehead atoms. The third-order valence-electron chi connectivity index (χ3n) is 4.56. The maximum absolute atomic E-state index is 6.09. The van der Waals surface area contributed by atoms with Crippen LogP contribution in [0.1, 0.15) is 30.7 Å². The fourth-order valence-corrected chi connectivity index (χ4v) is 2.84. The van der Waals surface area contributed by atoms with Crippen molar-refractivity contribution < 1.29 is 0 Å². The summed E-state index contributed by atoms with van der Waals surface area (Å²) in [6.07, 6.45) is 7.61. The van der Waals surface area contributed by atoms with Gasteiger partial charge in [0.1, 0.15) is 0 Å². The minimum absolute atomic E-state index is 0.314. The van der Waals surface area contributed by atoms with Gasteiger partial charge in [0.25, 0.3) is 0 Å². The lowest BCUT2D eigenvalue weighted by Crippen LogP contribution is -2.36. The SMILES string of the molecule is CN(C(N)=N[C@@H]1C[C@H]1c1cnn(-c2ccccc2)c1)C1CC1. The third kappa shape index (κ3) is 2.58. The highest BCUT2D eigenvalue weighted by Crippen LogP contribution is 2.43. The predicted molar refractivity (Wildman–Crippen MR) is 87.1 cm³/mol. The molecule has 2 aliphatic carbocycles. The zero-order chi connectivity index (χ0) is 15.1. The number of guanidine groups is 1. The molecule has 1 heterocycles. The summed E-state index contributed by atoms with van der Waals surface area (Å²) in [5.41, 5.74) is 8.43. The normalized spacial score (nSPS) is 24.3. The van der Waals surface area contributed by atoms with Gasteiger partial charge in [0.2, 0.25) is 0 Å². The first-order valence-corrected chi connectivity index (χ1v) is 7.88. The summed E-state index contributed by atoms with van der Waals surface area (Å²) in [5, 5.41) is 4.46. The molecule has 2 aliphatic rings. The minimum atomic E-state index is 0.314. The molecule has 1 aromatic carbocycles. The maximum atomic E-state index is 6.09. The topological polar surface area (TPSA) is 59.4 Å². The van der Waals surface area contributed by atoms with Gasteiger partial charge in [-0.15, -0.1) is 0 Å². The van der Waals surface area contributed by atoms with Gasteiger partial charge in [-0.1, -0.05) is 18.2 Å². The van der Waals surface area contributed by atoms with Crippen molar-refractivity contribution in [3.05, 3.63) is 48.3 Å². The quantitative estimate of drug-likeness (QED) is 0.694. The zero-order valence-electron chi connectivity index (χ0n) is 12.8. The van der Waals surface area contributed by atoms with Crippen LogP contribution in [0, 0.1) is 0 Å². The maximum Gasteiger partial charge on any atom is 0.191 e. The van der Waals surface area contributed by atoms with E-state index < -0.39 is 0 Å². The van der Waals surface area contributed by atoms with Crippen LogP contribution in [0.5, 0.6) is 0 Å². The number of hydrogen-bond acceptors (Lipinski definition) is 2. The van der Waals surface area contributed by atoms with Crippen molar-refractivity contribution in [2.45, 2.75) is 37.3 Å². The van der Waals surface area contributed by atoms with Gasteiger partial charge in [-0.25, -0.2) is 9.67 Å². The van der Waals surface area contributed by atoms with E-state index in [4.69, 9.17) is 5.73 Å². The fourth-order valence-electron chi connectivity index (χ4n) is 2.84. The Balaban J connectivity index is 1.44. The van der Waals surface area contributed by atoms with Crippen molar-refractivity contribution in [2.75, 3.05) is 7.05 Å². The Kier molecular flexibility index (Phi) is 3.13. The Hall–Kier alpha value is -2.30. The number of rotatable bonds is 4. The van der Waals surface area contributed by atoms with Gasteiger partial charge in [-0.05, 0) is 37.0 Å². The molecule has 114 valence electrons. The number of nitrogens with two attached hydrogens (primary N) is 1. The number of aromatic nitrogens is 2. The van der Waals surface area contributed by atoms with E-state index in [1.165, 1.54) is 18.4 Å². The molecule has 2 saturated carbocycles. The number of benzene rings is 1. The molecule has 0 unspecified atom stereocenters. The van der Waals surface area contributed by atoms with E-state index >= 15 is 0 Å². The molecule has 0 radical (unpaired) electrons. The van der Waals surface area contributed by atoms with Gasteiger partial charge in [-0.3, -0.25) is 0 Å². The van der Waals surface area contributed by atoms with Crippen molar-refractivity contribution in [3.8, 4) is 5.69 Å². The molecule has 2 N–H and O–H groups in total. The second-order valence-electron chi connectivity index (χ2n) is 6.29. The molecule has 0 aliphatic heterocycles. The molecule has 0 saturated heterocycles. The Morgan fingerprint density at radius 1 is 1.32 bits per heavy atom. The summed E-state index contributed by atoms with van der Waals surface area (Å²) in [6.45, 7) is 0. The largest absolute Gasteiger partial charge is 0.370 e. The molecule has 2 atom stereocenters. The summed E-state index contributed by atoms with van der Waals surface area (Å²) in [6, 6.07) is 11.1. The van der Waals surface area contributed by atoms with Gasteiger partial charge < -0.3 is 10.6 Å². The van der Waals surface area contributed by atoms with Crippen molar-refractivity contribution in [1.82, 2.24) is 14.7 Å². The first kappa shape index (κ1) is 13.4. The molecule has 4 rings (SSSR count). The lowest BCUT2D eigenvalue weighted by atomic mass is 10.2.